The number of hydrogen-bond donors (Lipinski definition) is 3. The van der Waals surface area contributed by atoms with Crippen molar-refractivity contribution in [1.82, 2.24) is 9.97 Å². The van der Waals surface area contributed by atoms with Gasteiger partial charge in [-0.2, -0.15) is 4.98 Å². The predicted octanol–water partition coefficient (Wildman–Crippen LogP) is 4.63. The lowest BCUT2D eigenvalue weighted by atomic mass is 10.0. The Kier molecular flexibility index (Phi) is 4.34. The smallest absolute Gasteiger partial charge is 0.222 e. The standard InChI is InChI=1S/C22H21N5/c1-14(16-10-9-15-5-2-3-6-17(15)11-16)25-21-13-20(26-22(24)27-21)18-7-4-8-19(23)12-18/h2-14H,23H2,1H3,(H3,24,25,26,27)/t14-/m1/s1. The quantitative estimate of drug-likeness (QED) is 0.464. The minimum absolute atomic E-state index is 0.0672. The molecule has 0 radical (unpaired) electrons. The van der Waals surface area contributed by atoms with Crippen molar-refractivity contribution >= 4 is 28.2 Å². The Morgan fingerprint density at radius 1 is 0.815 bits per heavy atom. The van der Waals surface area contributed by atoms with E-state index in [4.69, 9.17) is 11.5 Å². The van der Waals surface area contributed by atoms with Gasteiger partial charge in [0.15, 0.2) is 0 Å². The lowest BCUT2D eigenvalue weighted by Gasteiger charge is -2.16. The van der Waals surface area contributed by atoms with Gasteiger partial charge in [0, 0.05) is 23.4 Å². The van der Waals surface area contributed by atoms with Crippen LogP contribution in [0.5, 0.6) is 0 Å². The summed E-state index contributed by atoms with van der Waals surface area (Å²) < 4.78 is 0. The molecule has 4 aromatic rings. The fourth-order valence-electron chi connectivity index (χ4n) is 3.17. The Hall–Kier alpha value is -3.60. The number of aromatic nitrogens is 2. The Labute approximate surface area is 158 Å². The predicted molar refractivity (Wildman–Crippen MR) is 112 cm³/mol. The van der Waals surface area contributed by atoms with Crippen molar-refractivity contribution in [3.8, 4) is 11.3 Å². The van der Waals surface area contributed by atoms with Gasteiger partial charge in [0.25, 0.3) is 0 Å². The van der Waals surface area contributed by atoms with Crippen molar-refractivity contribution in [1.29, 1.82) is 0 Å². The van der Waals surface area contributed by atoms with Crippen LogP contribution in [-0.4, -0.2) is 9.97 Å². The van der Waals surface area contributed by atoms with Crippen LogP contribution >= 0.6 is 0 Å². The number of nitrogens with two attached hydrogens (primary N) is 2. The SMILES string of the molecule is C[C@@H](Nc1cc(-c2cccc(N)c2)nc(N)n1)c1ccc2ccccc2c1. The molecule has 0 saturated heterocycles. The number of fused-ring (bicyclic) bond motifs is 1. The van der Waals surface area contributed by atoms with Crippen LogP contribution in [0.2, 0.25) is 0 Å². The van der Waals surface area contributed by atoms with Gasteiger partial charge in [-0.15, -0.1) is 0 Å². The van der Waals surface area contributed by atoms with E-state index in [2.05, 4.69) is 52.5 Å². The molecule has 0 saturated carbocycles. The number of nitrogen functional groups attached to an aromatic ring is 2. The van der Waals surface area contributed by atoms with E-state index < -0.39 is 0 Å². The molecule has 0 aliphatic rings. The second kappa shape index (κ2) is 6.96. The van der Waals surface area contributed by atoms with Crippen LogP contribution in [0.25, 0.3) is 22.0 Å². The molecule has 3 aromatic carbocycles. The molecule has 0 amide bonds. The van der Waals surface area contributed by atoms with Gasteiger partial charge in [-0.25, -0.2) is 4.98 Å². The maximum Gasteiger partial charge on any atom is 0.222 e. The molecule has 134 valence electrons. The summed E-state index contributed by atoms with van der Waals surface area (Å²) in [5, 5.41) is 5.87. The van der Waals surface area contributed by atoms with E-state index in [1.165, 1.54) is 16.3 Å². The molecule has 1 atom stereocenters. The first-order chi connectivity index (χ1) is 13.1. The zero-order chi connectivity index (χ0) is 18.8. The Morgan fingerprint density at radius 3 is 2.44 bits per heavy atom. The largest absolute Gasteiger partial charge is 0.399 e. The lowest BCUT2D eigenvalue weighted by molar-refractivity contribution is 0.875. The van der Waals surface area contributed by atoms with E-state index in [0.717, 1.165) is 11.3 Å². The highest BCUT2D eigenvalue weighted by Gasteiger charge is 2.10. The van der Waals surface area contributed by atoms with E-state index in [0.29, 0.717) is 11.5 Å². The number of rotatable bonds is 4. The second-order valence-electron chi connectivity index (χ2n) is 6.59. The lowest BCUT2D eigenvalue weighted by Crippen LogP contribution is -2.10. The summed E-state index contributed by atoms with van der Waals surface area (Å²) in [6.07, 6.45) is 0. The van der Waals surface area contributed by atoms with Crippen molar-refractivity contribution in [2.45, 2.75) is 13.0 Å². The summed E-state index contributed by atoms with van der Waals surface area (Å²) in [7, 11) is 0. The average Bonchev–Trinajstić information content (AvgIpc) is 2.67. The molecule has 0 aliphatic heterocycles. The molecule has 5 heteroatoms. The summed E-state index contributed by atoms with van der Waals surface area (Å²) in [5.74, 6) is 0.906. The van der Waals surface area contributed by atoms with Crippen molar-refractivity contribution in [3.63, 3.8) is 0 Å². The van der Waals surface area contributed by atoms with Gasteiger partial charge in [-0.3, -0.25) is 0 Å². The molecule has 0 fully saturated rings. The molecule has 27 heavy (non-hydrogen) atoms. The molecule has 0 unspecified atom stereocenters. The van der Waals surface area contributed by atoms with E-state index in [-0.39, 0.29) is 12.0 Å². The summed E-state index contributed by atoms with van der Waals surface area (Å²) in [5.41, 5.74) is 15.3. The maximum atomic E-state index is 5.93. The first-order valence-corrected chi connectivity index (χ1v) is 8.84. The van der Waals surface area contributed by atoms with Crippen LogP contribution in [0.1, 0.15) is 18.5 Å². The summed E-state index contributed by atoms with van der Waals surface area (Å²) >= 11 is 0. The highest BCUT2D eigenvalue weighted by atomic mass is 15.1. The second-order valence-corrected chi connectivity index (χ2v) is 6.59. The molecule has 0 bridgehead atoms. The molecule has 1 aromatic heterocycles. The van der Waals surface area contributed by atoms with Gasteiger partial charge in [-0.05, 0) is 41.5 Å². The van der Waals surface area contributed by atoms with Gasteiger partial charge >= 0.3 is 0 Å². The normalized spacial score (nSPS) is 12.0. The minimum atomic E-state index is 0.0672. The van der Waals surface area contributed by atoms with E-state index in [1.54, 1.807) is 0 Å². The zero-order valence-corrected chi connectivity index (χ0v) is 15.1. The minimum Gasteiger partial charge on any atom is -0.399 e. The molecule has 4 rings (SSSR count). The third-order valence-electron chi connectivity index (χ3n) is 4.56. The number of nitrogens with zero attached hydrogens (tertiary/aromatic N) is 2. The number of hydrogen-bond acceptors (Lipinski definition) is 5. The van der Waals surface area contributed by atoms with E-state index in [9.17, 15) is 0 Å². The fourth-order valence-corrected chi connectivity index (χ4v) is 3.17. The van der Waals surface area contributed by atoms with Gasteiger partial charge < -0.3 is 16.8 Å². The maximum absolute atomic E-state index is 5.93. The van der Waals surface area contributed by atoms with Gasteiger partial charge in [0.2, 0.25) is 5.95 Å². The highest BCUT2D eigenvalue weighted by molar-refractivity contribution is 5.83. The summed E-state index contributed by atoms with van der Waals surface area (Å²) in [4.78, 5) is 8.67. The topological polar surface area (TPSA) is 89.8 Å². The fraction of sp³-hybridized carbons (Fsp3) is 0.0909. The third-order valence-corrected chi connectivity index (χ3v) is 4.56. The molecule has 5 nitrogen and oxygen atoms in total. The van der Waals surface area contributed by atoms with Crippen molar-refractivity contribution in [3.05, 3.63) is 78.4 Å². The van der Waals surface area contributed by atoms with Crippen LogP contribution < -0.4 is 16.8 Å². The Morgan fingerprint density at radius 2 is 1.63 bits per heavy atom. The van der Waals surface area contributed by atoms with Crippen molar-refractivity contribution in [2.24, 2.45) is 0 Å². The summed E-state index contributed by atoms with van der Waals surface area (Å²) in [6, 6.07) is 24.3. The molecular weight excluding hydrogens is 334 g/mol. The highest BCUT2D eigenvalue weighted by Crippen LogP contribution is 2.26. The van der Waals surface area contributed by atoms with Crippen molar-refractivity contribution < 1.29 is 0 Å². The molecule has 0 aliphatic carbocycles. The Bertz CT molecular complexity index is 1110. The van der Waals surface area contributed by atoms with Gasteiger partial charge in [0.1, 0.15) is 5.82 Å². The first-order valence-electron chi connectivity index (χ1n) is 8.84. The monoisotopic (exact) mass is 355 g/mol. The van der Waals surface area contributed by atoms with Gasteiger partial charge in [0.05, 0.1) is 5.69 Å². The molecule has 0 spiro atoms. The van der Waals surface area contributed by atoms with Gasteiger partial charge in [-0.1, -0.05) is 48.5 Å². The van der Waals surface area contributed by atoms with Crippen LogP contribution in [0, 0.1) is 0 Å². The van der Waals surface area contributed by atoms with Crippen LogP contribution in [0.4, 0.5) is 17.5 Å². The number of benzene rings is 3. The van der Waals surface area contributed by atoms with Crippen LogP contribution in [0.3, 0.4) is 0 Å². The number of nitrogens with one attached hydrogen (secondary N) is 1. The number of anilines is 3. The summed E-state index contributed by atoms with van der Waals surface area (Å²) in [6.45, 7) is 2.10. The molecular formula is C22H21N5. The first kappa shape index (κ1) is 16.8. The molecule has 1 heterocycles. The third kappa shape index (κ3) is 3.67. The Balaban J connectivity index is 1.63. The zero-order valence-electron chi connectivity index (χ0n) is 15.1. The molecule has 5 N–H and O–H groups in total. The average molecular weight is 355 g/mol. The van der Waals surface area contributed by atoms with Crippen molar-refractivity contribution in [2.75, 3.05) is 16.8 Å². The van der Waals surface area contributed by atoms with E-state index in [1.807, 2.05) is 42.5 Å². The van der Waals surface area contributed by atoms with E-state index >= 15 is 0 Å². The van der Waals surface area contributed by atoms with Crippen LogP contribution in [-0.2, 0) is 0 Å². The van der Waals surface area contributed by atoms with Crippen LogP contribution in [0.15, 0.2) is 72.8 Å².